The molecule has 0 saturated carbocycles. The van der Waals surface area contributed by atoms with Crippen molar-refractivity contribution in [1.82, 2.24) is 14.9 Å². The van der Waals surface area contributed by atoms with Crippen LogP contribution in [0, 0.1) is 0 Å². The van der Waals surface area contributed by atoms with Gasteiger partial charge in [-0.25, -0.2) is 4.98 Å². The van der Waals surface area contributed by atoms with Crippen LogP contribution in [-0.2, 0) is 13.0 Å². The summed E-state index contributed by atoms with van der Waals surface area (Å²) in [7, 11) is 0. The number of aromatic nitrogens is 2. The van der Waals surface area contributed by atoms with Crippen molar-refractivity contribution >= 4 is 11.8 Å². The van der Waals surface area contributed by atoms with E-state index in [9.17, 15) is 9.90 Å². The van der Waals surface area contributed by atoms with Gasteiger partial charge in [0.25, 0.3) is 5.56 Å². The van der Waals surface area contributed by atoms with Gasteiger partial charge in [0.15, 0.2) is 5.16 Å². The smallest absolute Gasteiger partial charge is 0.258 e. The Balaban J connectivity index is 2.18. The van der Waals surface area contributed by atoms with Crippen LogP contribution in [-0.4, -0.2) is 34.1 Å². The van der Waals surface area contributed by atoms with Gasteiger partial charge in [0.1, 0.15) is 0 Å². The van der Waals surface area contributed by atoms with Gasteiger partial charge in [-0.05, 0) is 24.8 Å². The van der Waals surface area contributed by atoms with Gasteiger partial charge in [-0.1, -0.05) is 42.1 Å². The maximum absolute atomic E-state index is 12.9. The van der Waals surface area contributed by atoms with Gasteiger partial charge in [-0.2, -0.15) is 0 Å². The third-order valence-electron chi connectivity index (χ3n) is 3.96. The van der Waals surface area contributed by atoms with E-state index in [1.165, 1.54) is 11.8 Å². The fraction of sp³-hybridized carbons (Fsp3) is 0.375. The van der Waals surface area contributed by atoms with Crippen LogP contribution >= 0.6 is 11.8 Å². The van der Waals surface area contributed by atoms with Crippen molar-refractivity contribution in [1.29, 1.82) is 0 Å². The number of nitrogens with one attached hydrogen (secondary N) is 1. The highest BCUT2D eigenvalue weighted by atomic mass is 32.2. The molecule has 1 aromatic carbocycles. The summed E-state index contributed by atoms with van der Waals surface area (Å²) in [5.41, 5.74) is 2.49. The zero-order valence-corrected chi connectivity index (χ0v) is 13.3. The van der Waals surface area contributed by atoms with E-state index in [4.69, 9.17) is 0 Å². The maximum Gasteiger partial charge on any atom is 0.258 e. The Morgan fingerprint density at radius 3 is 2.86 bits per heavy atom. The molecule has 2 heterocycles. The van der Waals surface area contributed by atoms with Gasteiger partial charge in [0, 0.05) is 12.1 Å². The number of hydrogen-bond donors (Lipinski definition) is 2. The second-order valence-corrected chi connectivity index (χ2v) is 6.01. The number of hydrogen-bond acceptors (Lipinski definition) is 5. The van der Waals surface area contributed by atoms with Crippen molar-refractivity contribution in [3.63, 3.8) is 0 Å². The van der Waals surface area contributed by atoms with E-state index in [1.807, 2.05) is 36.6 Å². The zero-order chi connectivity index (χ0) is 15.5. The molecule has 1 aromatic heterocycles. The first-order valence-corrected chi connectivity index (χ1v) is 8.53. The Morgan fingerprint density at radius 2 is 2.18 bits per heavy atom. The van der Waals surface area contributed by atoms with E-state index in [0.29, 0.717) is 18.1 Å². The lowest BCUT2D eigenvalue weighted by Crippen LogP contribution is -2.38. The molecule has 5 nitrogen and oxygen atoms in total. The van der Waals surface area contributed by atoms with Crippen LogP contribution in [0.3, 0.4) is 0 Å². The van der Waals surface area contributed by atoms with Gasteiger partial charge in [-0.15, -0.1) is 0 Å². The Kier molecular flexibility index (Phi) is 4.61. The Morgan fingerprint density at radius 1 is 1.41 bits per heavy atom. The van der Waals surface area contributed by atoms with Crippen LogP contribution in [0.2, 0.25) is 0 Å². The Hall–Kier alpha value is -1.63. The normalized spacial score (nSPS) is 15.4. The lowest BCUT2D eigenvalue weighted by molar-refractivity contribution is 0.238. The number of thioether (sulfide) groups is 1. The molecule has 0 saturated heterocycles. The third-order valence-corrected chi connectivity index (χ3v) is 4.61. The van der Waals surface area contributed by atoms with Crippen LogP contribution in [0.15, 0.2) is 40.3 Å². The first-order chi connectivity index (χ1) is 10.8. The second kappa shape index (κ2) is 6.64. The minimum Gasteiger partial charge on any atom is -0.394 e. The number of benzene rings is 1. The Bertz CT molecular complexity index is 715. The van der Waals surface area contributed by atoms with Crippen molar-refractivity contribution in [2.45, 2.75) is 24.2 Å². The summed E-state index contributed by atoms with van der Waals surface area (Å²) in [5, 5.41) is 13.8. The minimum atomic E-state index is -0.399. The molecule has 1 atom stereocenters. The topological polar surface area (TPSA) is 67.2 Å². The first-order valence-electron chi connectivity index (χ1n) is 7.31. The monoisotopic (exact) mass is 317 g/mol. The molecule has 6 heteroatoms. The number of rotatable bonds is 4. The fourth-order valence-electron chi connectivity index (χ4n) is 2.84. The molecule has 0 amide bonds. The standard InChI is InChI=1S/C16H19N3O2S/c1-22-16-18-13-9-17-8-7-12(13)15(21)19(16)14(10-20)11-5-3-2-4-6-11/h2-6,14,17,20H,7-10H2,1H3. The summed E-state index contributed by atoms with van der Waals surface area (Å²) in [6.07, 6.45) is 2.59. The summed E-state index contributed by atoms with van der Waals surface area (Å²) < 4.78 is 1.64. The minimum absolute atomic E-state index is 0.0289. The first kappa shape index (κ1) is 15.3. The Labute approximate surface area is 133 Å². The zero-order valence-electron chi connectivity index (χ0n) is 12.5. The SMILES string of the molecule is CSc1nc2c(c(=O)n1C(CO)c1ccccc1)CCNC2. The van der Waals surface area contributed by atoms with Gasteiger partial charge >= 0.3 is 0 Å². The molecule has 0 aliphatic carbocycles. The molecule has 2 N–H and O–H groups in total. The third kappa shape index (κ3) is 2.69. The summed E-state index contributed by atoms with van der Waals surface area (Å²) in [6, 6.07) is 9.21. The average molecular weight is 317 g/mol. The molecule has 1 aliphatic heterocycles. The van der Waals surface area contributed by atoms with E-state index >= 15 is 0 Å². The van der Waals surface area contributed by atoms with E-state index in [2.05, 4.69) is 10.3 Å². The van der Waals surface area contributed by atoms with Crippen molar-refractivity contribution in [2.75, 3.05) is 19.4 Å². The molecule has 3 rings (SSSR count). The highest BCUT2D eigenvalue weighted by Gasteiger charge is 2.24. The van der Waals surface area contributed by atoms with Crippen molar-refractivity contribution in [3.8, 4) is 0 Å². The molecule has 1 aliphatic rings. The van der Waals surface area contributed by atoms with Crippen molar-refractivity contribution in [2.24, 2.45) is 0 Å². The van der Waals surface area contributed by atoms with E-state index in [1.54, 1.807) is 4.57 Å². The summed E-state index contributed by atoms with van der Waals surface area (Å²) >= 11 is 1.43. The molecule has 0 fully saturated rings. The molecular formula is C16H19N3O2S. The molecule has 0 bridgehead atoms. The highest BCUT2D eigenvalue weighted by molar-refractivity contribution is 7.98. The fourth-order valence-corrected chi connectivity index (χ4v) is 3.45. The van der Waals surface area contributed by atoms with Gasteiger partial charge < -0.3 is 10.4 Å². The number of nitrogens with zero attached hydrogens (tertiary/aromatic N) is 2. The lowest BCUT2D eigenvalue weighted by Gasteiger charge is -2.24. The summed E-state index contributed by atoms with van der Waals surface area (Å²) in [4.78, 5) is 17.6. The molecule has 22 heavy (non-hydrogen) atoms. The highest BCUT2D eigenvalue weighted by Crippen LogP contribution is 2.23. The van der Waals surface area contributed by atoms with Gasteiger partial charge in [0.2, 0.25) is 0 Å². The lowest BCUT2D eigenvalue weighted by atomic mass is 10.1. The predicted octanol–water partition coefficient (Wildman–Crippen LogP) is 1.19. The van der Waals surface area contributed by atoms with Crippen LogP contribution < -0.4 is 10.9 Å². The molecule has 1 unspecified atom stereocenters. The second-order valence-electron chi connectivity index (χ2n) is 5.23. The molecule has 0 spiro atoms. The molecule has 116 valence electrons. The van der Waals surface area contributed by atoms with E-state index in [0.717, 1.165) is 23.4 Å². The van der Waals surface area contributed by atoms with Crippen molar-refractivity contribution < 1.29 is 5.11 Å². The molecular weight excluding hydrogens is 298 g/mol. The van der Waals surface area contributed by atoms with E-state index in [-0.39, 0.29) is 12.2 Å². The quantitative estimate of drug-likeness (QED) is 0.655. The largest absolute Gasteiger partial charge is 0.394 e. The average Bonchev–Trinajstić information content (AvgIpc) is 2.58. The molecule has 2 aromatic rings. The maximum atomic E-state index is 12.9. The van der Waals surface area contributed by atoms with Crippen LogP contribution in [0.1, 0.15) is 22.9 Å². The van der Waals surface area contributed by atoms with Crippen molar-refractivity contribution in [3.05, 3.63) is 57.5 Å². The summed E-state index contributed by atoms with van der Waals surface area (Å²) in [6.45, 7) is 1.29. The van der Waals surface area contributed by atoms with E-state index < -0.39 is 6.04 Å². The number of aliphatic hydroxyl groups is 1. The summed E-state index contributed by atoms with van der Waals surface area (Å²) in [5.74, 6) is 0. The van der Waals surface area contributed by atoms with Crippen LogP contribution in [0.25, 0.3) is 0 Å². The van der Waals surface area contributed by atoms with Gasteiger partial charge in [0.05, 0.1) is 18.3 Å². The number of fused-ring (bicyclic) bond motifs is 1. The van der Waals surface area contributed by atoms with Crippen LogP contribution in [0.4, 0.5) is 0 Å². The number of aliphatic hydroxyl groups excluding tert-OH is 1. The van der Waals surface area contributed by atoms with Gasteiger partial charge in [-0.3, -0.25) is 9.36 Å². The molecule has 0 radical (unpaired) electrons. The van der Waals surface area contributed by atoms with Crippen LogP contribution in [0.5, 0.6) is 0 Å². The predicted molar refractivity (Wildman–Crippen MR) is 87.4 cm³/mol.